The predicted molar refractivity (Wildman–Crippen MR) is 108 cm³/mol. The number of hydrogen-bond donors (Lipinski definition) is 3. The second-order valence-electron chi connectivity index (χ2n) is 6.93. The minimum Gasteiger partial charge on any atom is -0.480 e. The molecule has 29 heavy (non-hydrogen) atoms. The van der Waals surface area contributed by atoms with E-state index in [1.54, 1.807) is 0 Å². The summed E-state index contributed by atoms with van der Waals surface area (Å²) in [6.07, 6.45) is 0.229. The molecule has 1 aliphatic carbocycles. The van der Waals surface area contributed by atoms with Gasteiger partial charge in [-0.15, -0.1) is 0 Å². The number of aliphatic carboxylic acids is 1. The third-order valence-electron chi connectivity index (χ3n) is 4.95. The third kappa shape index (κ3) is 4.74. The van der Waals surface area contributed by atoms with Gasteiger partial charge in [0.2, 0.25) is 5.91 Å². The van der Waals surface area contributed by atoms with E-state index < -0.39 is 24.0 Å². The second-order valence-corrected chi connectivity index (χ2v) is 6.93. The minimum absolute atomic E-state index is 0.0667. The van der Waals surface area contributed by atoms with E-state index >= 15 is 0 Å². The lowest BCUT2D eigenvalue weighted by Gasteiger charge is -2.15. The number of hydrogen-bond acceptors (Lipinski definition) is 4. The smallest absolute Gasteiger partial charge is 0.407 e. The van der Waals surface area contributed by atoms with Crippen LogP contribution in [-0.4, -0.2) is 42.3 Å². The first-order valence-corrected chi connectivity index (χ1v) is 9.62. The Kier molecular flexibility index (Phi) is 6.49. The second kappa shape index (κ2) is 9.23. The fourth-order valence-corrected chi connectivity index (χ4v) is 3.59. The number of carboxylic acid groups (broad SMARTS) is 1. The standard InChI is InChI=1S/C22H24N2O5/c1-2-7-19(21(26)27)24-20(25)12-23-22(28)29-13-18-16-10-5-3-8-14(16)15-9-4-6-11-17(15)18/h3-6,8-11,18-19H,2,7,12-13H2,1H3,(H,23,28)(H,24,25)(H,26,27). The molecule has 0 saturated carbocycles. The molecule has 3 rings (SSSR count). The number of nitrogens with one attached hydrogen (secondary N) is 2. The Labute approximate surface area is 169 Å². The number of ether oxygens (including phenoxy) is 1. The highest BCUT2D eigenvalue weighted by Crippen LogP contribution is 2.44. The van der Waals surface area contributed by atoms with Gasteiger partial charge in [0.15, 0.2) is 0 Å². The van der Waals surface area contributed by atoms with Crippen LogP contribution in [0.25, 0.3) is 11.1 Å². The van der Waals surface area contributed by atoms with E-state index in [-0.39, 0.29) is 19.1 Å². The van der Waals surface area contributed by atoms with Crippen molar-refractivity contribution in [1.82, 2.24) is 10.6 Å². The van der Waals surface area contributed by atoms with Gasteiger partial charge in [-0.1, -0.05) is 61.9 Å². The number of fused-ring (bicyclic) bond motifs is 3. The first-order chi connectivity index (χ1) is 14.0. The molecular formula is C22H24N2O5. The molecule has 0 bridgehead atoms. The molecule has 0 fully saturated rings. The van der Waals surface area contributed by atoms with Gasteiger partial charge in [0.05, 0.1) is 0 Å². The molecule has 2 amide bonds. The van der Waals surface area contributed by atoms with E-state index in [0.29, 0.717) is 12.8 Å². The first-order valence-electron chi connectivity index (χ1n) is 9.62. The van der Waals surface area contributed by atoms with Gasteiger partial charge < -0.3 is 20.5 Å². The van der Waals surface area contributed by atoms with E-state index in [1.807, 2.05) is 55.5 Å². The van der Waals surface area contributed by atoms with Crippen molar-refractivity contribution in [2.45, 2.75) is 31.7 Å². The molecule has 0 aromatic heterocycles. The average Bonchev–Trinajstić information content (AvgIpc) is 3.04. The number of alkyl carbamates (subject to hydrolysis) is 1. The minimum atomic E-state index is -1.10. The summed E-state index contributed by atoms with van der Waals surface area (Å²) in [4.78, 5) is 35.0. The van der Waals surface area contributed by atoms with Gasteiger partial charge in [-0.2, -0.15) is 0 Å². The quantitative estimate of drug-likeness (QED) is 0.636. The van der Waals surface area contributed by atoms with Gasteiger partial charge in [-0.3, -0.25) is 4.79 Å². The average molecular weight is 396 g/mol. The van der Waals surface area contributed by atoms with Crippen molar-refractivity contribution in [3.05, 3.63) is 59.7 Å². The number of amides is 2. The largest absolute Gasteiger partial charge is 0.480 e. The van der Waals surface area contributed by atoms with Gasteiger partial charge >= 0.3 is 12.1 Å². The normalized spacial score (nSPS) is 13.1. The zero-order valence-electron chi connectivity index (χ0n) is 16.2. The number of carbonyl (C=O) groups excluding carboxylic acids is 2. The summed E-state index contributed by atoms with van der Waals surface area (Å²) in [7, 11) is 0. The van der Waals surface area contributed by atoms with Crippen LogP contribution in [0.1, 0.15) is 36.8 Å². The van der Waals surface area contributed by atoms with Crippen molar-refractivity contribution in [3.63, 3.8) is 0 Å². The predicted octanol–water partition coefficient (Wildman–Crippen LogP) is 2.89. The number of carboxylic acids is 1. The van der Waals surface area contributed by atoms with Crippen LogP contribution < -0.4 is 10.6 Å². The third-order valence-corrected chi connectivity index (χ3v) is 4.95. The van der Waals surface area contributed by atoms with Gasteiger partial charge in [0.1, 0.15) is 19.2 Å². The molecule has 7 nitrogen and oxygen atoms in total. The van der Waals surface area contributed by atoms with Crippen LogP contribution in [0.4, 0.5) is 4.79 Å². The highest BCUT2D eigenvalue weighted by Gasteiger charge is 2.29. The lowest BCUT2D eigenvalue weighted by molar-refractivity contribution is -0.141. The zero-order valence-corrected chi connectivity index (χ0v) is 16.2. The van der Waals surface area contributed by atoms with E-state index in [0.717, 1.165) is 22.3 Å². The molecule has 1 unspecified atom stereocenters. The molecule has 1 atom stereocenters. The Hall–Kier alpha value is -3.35. The molecular weight excluding hydrogens is 372 g/mol. The lowest BCUT2D eigenvalue weighted by Crippen LogP contribution is -2.45. The highest BCUT2D eigenvalue weighted by atomic mass is 16.5. The topological polar surface area (TPSA) is 105 Å². The SMILES string of the molecule is CCCC(NC(=O)CNC(=O)OCC1c2ccccc2-c2ccccc21)C(=O)O. The Balaban J connectivity index is 1.54. The fraction of sp³-hybridized carbons (Fsp3) is 0.318. The summed E-state index contributed by atoms with van der Waals surface area (Å²) in [6.45, 7) is 1.64. The van der Waals surface area contributed by atoms with Crippen LogP contribution in [0.3, 0.4) is 0 Å². The van der Waals surface area contributed by atoms with Gasteiger partial charge in [0, 0.05) is 5.92 Å². The van der Waals surface area contributed by atoms with E-state index in [9.17, 15) is 14.4 Å². The van der Waals surface area contributed by atoms with Crippen LogP contribution in [0.15, 0.2) is 48.5 Å². The van der Waals surface area contributed by atoms with Crippen molar-refractivity contribution in [1.29, 1.82) is 0 Å². The fourth-order valence-electron chi connectivity index (χ4n) is 3.59. The van der Waals surface area contributed by atoms with E-state index in [1.165, 1.54) is 0 Å². The molecule has 1 aliphatic rings. The van der Waals surface area contributed by atoms with Crippen molar-refractivity contribution in [2.24, 2.45) is 0 Å². The number of rotatable bonds is 8. The summed E-state index contributed by atoms with van der Waals surface area (Å²) in [5.41, 5.74) is 4.46. The molecule has 0 heterocycles. The zero-order chi connectivity index (χ0) is 20.8. The Morgan fingerprint density at radius 2 is 1.62 bits per heavy atom. The van der Waals surface area contributed by atoms with Crippen molar-refractivity contribution < 1.29 is 24.2 Å². The Bertz CT molecular complexity index is 866. The maximum atomic E-state index is 12.0. The number of carbonyl (C=O) groups is 3. The molecule has 7 heteroatoms. The summed E-state index contributed by atoms with van der Waals surface area (Å²) in [6, 6.07) is 15.1. The summed E-state index contributed by atoms with van der Waals surface area (Å²) in [5.74, 6) is -1.73. The van der Waals surface area contributed by atoms with E-state index in [4.69, 9.17) is 9.84 Å². The molecule has 2 aromatic carbocycles. The van der Waals surface area contributed by atoms with Gasteiger partial charge in [-0.25, -0.2) is 9.59 Å². The van der Waals surface area contributed by atoms with Crippen LogP contribution in [0.2, 0.25) is 0 Å². The molecule has 0 radical (unpaired) electrons. The highest BCUT2D eigenvalue weighted by molar-refractivity contribution is 5.86. The van der Waals surface area contributed by atoms with Crippen molar-refractivity contribution >= 4 is 18.0 Å². The van der Waals surface area contributed by atoms with Crippen molar-refractivity contribution in [3.8, 4) is 11.1 Å². The molecule has 2 aromatic rings. The maximum Gasteiger partial charge on any atom is 0.407 e. The molecule has 152 valence electrons. The van der Waals surface area contributed by atoms with Crippen LogP contribution in [0, 0.1) is 0 Å². The maximum absolute atomic E-state index is 12.0. The Morgan fingerprint density at radius 1 is 1.03 bits per heavy atom. The lowest BCUT2D eigenvalue weighted by atomic mass is 9.98. The monoisotopic (exact) mass is 396 g/mol. The molecule has 0 aliphatic heterocycles. The van der Waals surface area contributed by atoms with E-state index in [2.05, 4.69) is 10.6 Å². The van der Waals surface area contributed by atoms with Gasteiger partial charge in [0.25, 0.3) is 0 Å². The van der Waals surface area contributed by atoms with Gasteiger partial charge in [-0.05, 0) is 28.7 Å². The van der Waals surface area contributed by atoms with Crippen LogP contribution in [0.5, 0.6) is 0 Å². The number of benzene rings is 2. The molecule has 0 saturated heterocycles. The van der Waals surface area contributed by atoms with Crippen LogP contribution >= 0.6 is 0 Å². The van der Waals surface area contributed by atoms with Crippen LogP contribution in [-0.2, 0) is 14.3 Å². The Morgan fingerprint density at radius 3 is 2.17 bits per heavy atom. The summed E-state index contributed by atoms with van der Waals surface area (Å²) >= 11 is 0. The molecule has 3 N–H and O–H groups in total. The first kappa shape index (κ1) is 20.4. The summed E-state index contributed by atoms with van der Waals surface area (Å²) < 4.78 is 5.34. The molecule has 0 spiro atoms. The summed E-state index contributed by atoms with van der Waals surface area (Å²) in [5, 5.41) is 13.8. The van der Waals surface area contributed by atoms with Crippen molar-refractivity contribution in [2.75, 3.05) is 13.2 Å².